The largest absolute Gasteiger partial charge is 0.496 e. The first kappa shape index (κ1) is 22.9. The second kappa shape index (κ2) is 8.37. The van der Waals surface area contributed by atoms with E-state index in [0.29, 0.717) is 36.3 Å². The molecule has 1 heterocycles. The molecule has 2 aromatic carbocycles. The molecule has 3 rings (SSSR count). The fraction of sp³-hybridized carbons (Fsp3) is 0.462. The normalized spacial score (nSPS) is 18.6. The third-order valence-electron chi connectivity index (χ3n) is 6.07. The molecule has 0 saturated heterocycles. The standard InChI is InChI=1S/C26H33NO4/c1-17(2)16-26(24(29)30)14-13-18-9-7-8-10-21(18)27(26)23(28)19-11-12-20(25(3,4)5)22(15-19)31-6/h7-12,15,17H,13-14,16H2,1-6H3,(H,29,30). The lowest BCUT2D eigenvalue weighted by Crippen LogP contribution is -2.60. The first-order valence-electron chi connectivity index (χ1n) is 10.9. The third kappa shape index (κ3) is 4.18. The number of amides is 1. The van der Waals surface area contributed by atoms with E-state index >= 15 is 0 Å². The zero-order valence-electron chi connectivity index (χ0n) is 19.4. The molecule has 0 fully saturated rings. The molecular formula is C26H33NO4. The predicted octanol–water partition coefficient (Wildman–Crippen LogP) is 5.46. The second-order valence-electron chi connectivity index (χ2n) is 9.87. The van der Waals surface area contributed by atoms with Crippen LogP contribution >= 0.6 is 0 Å². The number of carboxylic acid groups (broad SMARTS) is 1. The number of benzene rings is 2. The molecule has 166 valence electrons. The van der Waals surface area contributed by atoms with E-state index in [-0.39, 0.29) is 17.2 Å². The second-order valence-corrected chi connectivity index (χ2v) is 9.87. The SMILES string of the molecule is COc1cc(C(=O)N2c3ccccc3CCC2(CC(C)C)C(=O)O)ccc1C(C)(C)C. The van der Waals surface area contributed by atoms with Crippen molar-refractivity contribution in [1.29, 1.82) is 0 Å². The minimum Gasteiger partial charge on any atom is -0.496 e. The van der Waals surface area contributed by atoms with Crippen LogP contribution in [0.2, 0.25) is 0 Å². The zero-order valence-corrected chi connectivity index (χ0v) is 19.4. The number of anilines is 1. The van der Waals surface area contributed by atoms with Crippen LogP contribution in [-0.2, 0) is 16.6 Å². The van der Waals surface area contributed by atoms with Crippen LogP contribution in [0.3, 0.4) is 0 Å². The molecule has 0 bridgehead atoms. The highest BCUT2D eigenvalue weighted by Gasteiger charge is 2.50. The van der Waals surface area contributed by atoms with E-state index in [4.69, 9.17) is 4.74 Å². The predicted molar refractivity (Wildman–Crippen MR) is 123 cm³/mol. The molecule has 0 aromatic heterocycles. The molecule has 0 aliphatic carbocycles. The van der Waals surface area contributed by atoms with E-state index in [0.717, 1.165) is 11.1 Å². The van der Waals surface area contributed by atoms with Crippen molar-refractivity contribution in [2.24, 2.45) is 5.92 Å². The lowest BCUT2D eigenvalue weighted by atomic mass is 9.77. The maximum absolute atomic E-state index is 13.9. The molecule has 1 amide bonds. The van der Waals surface area contributed by atoms with Gasteiger partial charge in [0, 0.05) is 11.3 Å². The van der Waals surface area contributed by atoms with Gasteiger partial charge in [-0.25, -0.2) is 4.79 Å². The van der Waals surface area contributed by atoms with Gasteiger partial charge in [0.25, 0.3) is 5.91 Å². The van der Waals surface area contributed by atoms with Gasteiger partial charge in [-0.1, -0.05) is 58.9 Å². The van der Waals surface area contributed by atoms with Gasteiger partial charge in [-0.3, -0.25) is 9.69 Å². The highest BCUT2D eigenvalue weighted by Crippen LogP contribution is 2.42. The highest BCUT2D eigenvalue weighted by molar-refractivity contribution is 6.11. The summed E-state index contributed by atoms with van der Waals surface area (Å²) in [5.74, 6) is -0.515. The molecule has 0 saturated carbocycles. The number of carboxylic acids is 1. The van der Waals surface area contributed by atoms with Gasteiger partial charge < -0.3 is 9.84 Å². The summed E-state index contributed by atoms with van der Waals surface area (Å²) in [4.78, 5) is 28.1. The van der Waals surface area contributed by atoms with Gasteiger partial charge in [-0.15, -0.1) is 0 Å². The van der Waals surface area contributed by atoms with E-state index < -0.39 is 11.5 Å². The monoisotopic (exact) mass is 423 g/mol. The Morgan fingerprint density at radius 2 is 1.84 bits per heavy atom. The number of nitrogens with zero attached hydrogens (tertiary/aromatic N) is 1. The summed E-state index contributed by atoms with van der Waals surface area (Å²) in [6.45, 7) is 10.3. The summed E-state index contributed by atoms with van der Waals surface area (Å²) in [7, 11) is 1.59. The van der Waals surface area contributed by atoms with Crippen molar-refractivity contribution < 1.29 is 19.4 Å². The topological polar surface area (TPSA) is 66.8 Å². The van der Waals surface area contributed by atoms with Crippen molar-refractivity contribution in [2.45, 2.75) is 64.8 Å². The Balaban J connectivity index is 2.18. The number of carbonyl (C=O) groups excluding carboxylic acids is 1. The summed E-state index contributed by atoms with van der Waals surface area (Å²) < 4.78 is 5.60. The first-order chi connectivity index (χ1) is 14.5. The first-order valence-corrected chi connectivity index (χ1v) is 10.9. The highest BCUT2D eigenvalue weighted by atomic mass is 16.5. The molecule has 0 radical (unpaired) electrons. The minimum absolute atomic E-state index is 0.120. The molecule has 1 aliphatic rings. The average molecular weight is 424 g/mol. The molecule has 2 aromatic rings. The molecular weight excluding hydrogens is 390 g/mol. The Kier molecular flexibility index (Phi) is 6.17. The molecule has 1 atom stereocenters. The van der Waals surface area contributed by atoms with Crippen molar-refractivity contribution in [2.75, 3.05) is 12.0 Å². The lowest BCUT2D eigenvalue weighted by Gasteiger charge is -2.46. The minimum atomic E-state index is -1.28. The summed E-state index contributed by atoms with van der Waals surface area (Å²) in [5.41, 5.74) is 1.67. The van der Waals surface area contributed by atoms with E-state index in [1.807, 2.05) is 44.2 Å². The van der Waals surface area contributed by atoms with Crippen LogP contribution in [0.25, 0.3) is 0 Å². The van der Waals surface area contributed by atoms with Crippen LogP contribution in [0.4, 0.5) is 5.69 Å². The molecule has 5 heteroatoms. The third-order valence-corrected chi connectivity index (χ3v) is 6.07. The number of ether oxygens (including phenoxy) is 1. The lowest BCUT2D eigenvalue weighted by molar-refractivity contribution is -0.144. The number of aliphatic carboxylic acids is 1. The molecule has 1 unspecified atom stereocenters. The van der Waals surface area contributed by atoms with Crippen LogP contribution in [0.15, 0.2) is 42.5 Å². The Hall–Kier alpha value is -2.82. The maximum Gasteiger partial charge on any atom is 0.330 e. The molecule has 0 spiro atoms. The van der Waals surface area contributed by atoms with Gasteiger partial charge in [-0.2, -0.15) is 0 Å². The number of aryl methyl sites for hydroxylation is 1. The van der Waals surface area contributed by atoms with Gasteiger partial charge in [-0.05, 0) is 59.9 Å². The fourth-order valence-corrected chi connectivity index (χ4v) is 4.66. The summed E-state index contributed by atoms with van der Waals surface area (Å²) in [6, 6.07) is 13.0. The fourth-order valence-electron chi connectivity index (χ4n) is 4.66. The number of methoxy groups -OCH3 is 1. The van der Waals surface area contributed by atoms with Crippen LogP contribution in [0, 0.1) is 5.92 Å². The summed E-state index contributed by atoms with van der Waals surface area (Å²) in [5, 5.41) is 10.4. The van der Waals surface area contributed by atoms with Crippen LogP contribution in [-0.4, -0.2) is 29.6 Å². The Morgan fingerprint density at radius 1 is 1.16 bits per heavy atom. The maximum atomic E-state index is 13.9. The van der Waals surface area contributed by atoms with E-state index in [9.17, 15) is 14.7 Å². The zero-order chi connectivity index (χ0) is 23.0. The van der Waals surface area contributed by atoms with Crippen molar-refractivity contribution in [3.8, 4) is 5.75 Å². The number of para-hydroxylation sites is 1. The molecule has 31 heavy (non-hydrogen) atoms. The van der Waals surface area contributed by atoms with Crippen LogP contribution in [0.5, 0.6) is 5.75 Å². The van der Waals surface area contributed by atoms with Crippen molar-refractivity contribution in [3.05, 3.63) is 59.2 Å². The quantitative estimate of drug-likeness (QED) is 0.694. The van der Waals surface area contributed by atoms with E-state index in [2.05, 4.69) is 20.8 Å². The van der Waals surface area contributed by atoms with Crippen LogP contribution in [0.1, 0.15) is 68.9 Å². The van der Waals surface area contributed by atoms with Crippen LogP contribution < -0.4 is 9.64 Å². The molecule has 1 aliphatic heterocycles. The summed E-state index contributed by atoms with van der Waals surface area (Å²) in [6.07, 6.45) is 1.41. The molecule has 5 nitrogen and oxygen atoms in total. The smallest absolute Gasteiger partial charge is 0.330 e. The number of fused-ring (bicyclic) bond motifs is 1. The Bertz CT molecular complexity index is 989. The summed E-state index contributed by atoms with van der Waals surface area (Å²) >= 11 is 0. The van der Waals surface area contributed by atoms with Gasteiger partial charge in [0.2, 0.25) is 0 Å². The Labute approximate surface area is 185 Å². The van der Waals surface area contributed by atoms with Crippen molar-refractivity contribution >= 4 is 17.6 Å². The average Bonchev–Trinajstić information content (AvgIpc) is 2.71. The molecule has 1 N–H and O–H groups in total. The number of hydrogen-bond acceptors (Lipinski definition) is 3. The number of carbonyl (C=O) groups is 2. The van der Waals surface area contributed by atoms with E-state index in [1.165, 1.54) is 4.90 Å². The van der Waals surface area contributed by atoms with Gasteiger partial charge in [0.15, 0.2) is 0 Å². The Morgan fingerprint density at radius 3 is 2.42 bits per heavy atom. The number of hydrogen-bond donors (Lipinski definition) is 1. The number of rotatable bonds is 5. The van der Waals surface area contributed by atoms with Gasteiger partial charge in [0.05, 0.1) is 7.11 Å². The van der Waals surface area contributed by atoms with Gasteiger partial charge in [0.1, 0.15) is 11.3 Å². The van der Waals surface area contributed by atoms with Crippen molar-refractivity contribution in [1.82, 2.24) is 0 Å². The van der Waals surface area contributed by atoms with Crippen molar-refractivity contribution in [3.63, 3.8) is 0 Å². The van der Waals surface area contributed by atoms with E-state index in [1.54, 1.807) is 19.2 Å². The van der Waals surface area contributed by atoms with Gasteiger partial charge >= 0.3 is 5.97 Å².